The highest BCUT2D eigenvalue weighted by molar-refractivity contribution is 7.99. The monoisotopic (exact) mass is 193 g/mol. The van der Waals surface area contributed by atoms with Crippen molar-refractivity contribution in [2.75, 3.05) is 5.73 Å². The number of anilines is 1. The van der Waals surface area contributed by atoms with Gasteiger partial charge < -0.3 is 10.2 Å². The topological polar surface area (TPSA) is 64.9 Å². The fourth-order valence-electron chi connectivity index (χ4n) is 0.831. The standard InChI is InChI=1S/C8H7N3OS/c9-6-1-2-10-7(5-6)13-8-11-3-4-12-8/h1-5H,(H2,9,10). The molecule has 66 valence electrons. The molecule has 2 heterocycles. The lowest BCUT2D eigenvalue weighted by Gasteiger charge is -1.96. The Kier molecular flexibility index (Phi) is 2.18. The van der Waals surface area contributed by atoms with Crippen LogP contribution in [-0.4, -0.2) is 9.97 Å². The van der Waals surface area contributed by atoms with Crippen LogP contribution in [0.4, 0.5) is 5.69 Å². The van der Waals surface area contributed by atoms with Gasteiger partial charge in [0.25, 0.3) is 5.22 Å². The Morgan fingerprint density at radius 2 is 2.23 bits per heavy atom. The van der Waals surface area contributed by atoms with Gasteiger partial charge in [-0.15, -0.1) is 0 Å². The Labute approximate surface area is 79.2 Å². The minimum Gasteiger partial charge on any atom is -0.440 e. The number of nitrogens with two attached hydrogens (primary N) is 1. The summed E-state index contributed by atoms with van der Waals surface area (Å²) in [5, 5.41) is 1.35. The molecular formula is C8H7N3OS. The van der Waals surface area contributed by atoms with E-state index >= 15 is 0 Å². The number of oxazole rings is 1. The van der Waals surface area contributed by atoms with Crippen LogP contribution >= 0.6 is 11.8 Å². The Balaban J connectivity index is 2.19. The molecule has 0 bridgehead atoms. The van der Waals surface area contributed by atoms with Gasteiger partial charge in [-0.3, -0.25) is 0 Å². The van der Waals surface area contributed by atoms with Crippen LogP contribution < -0.4 is 5.73 Å². The molecule has 0 unspecified atom stereocenters. The van der Waals surface area contributed by atoms with Gasteiger partial charge >= 0.3 is 0 Å². The Hall–Kier alpha value is -1.49. The van der Waals surface area contributed by atoms with E-state index in [4.69, 9.17) is 10.2 Å². The number of nitrogens with zero attached hydrogens (tertiary/aromatic N) is 2. The van der Waals surface area contributed by atoms with Gasteiger partial charge in [-0.2, -0.15) is 0 Å². The van der Waals surface area contributed by atoms with Gasteiger partial charge in [0, 0.05) is 11.9 Å². The second-order valence-electron chi connectivity index (χ2n) is 2.33. The quantitative estimate of drug-likeness (QED) is 0.787. The molecule has 0 spiro atoms. The zero-order chi connectivity index (χ0) is 9.10. The summed E-state index contributed by atoms with van der Waals surface area (Å²) < 4.78 is 5.05. The summed E-state index contributed by atoms with van der Waals surface area (Å²) in [5.41, 5.74) is 6.27. The molecule has 0 aliphatic rings. The molecule has 0 aliphatic heterocycles. The minimum absolute atomic E-state index is 0.568. The van der Waals surface area contributed by atoms with Crippen LogP contribution in [0, 0.1) is 0 Å². The molecule has 2 N–H and O–H groups in total. The van der Waals surface area contributed by atoms with E-state index in [1.807, 2.05) is 0 Å². The molecule has 0 aromatic carbocycles. The Morgan fingerprint density at radius 1 is 1.31 bits per heavy atom. The second-order valence-corrected chi connectivity index (χ2v) is 3.30. The maximum Gasteiger partial charge on any atom is 0.261 e. The fraction of sp³-hybridized carbons (Fsp3) is 0. The maximum absolute atomic E-state index is 5.58. The van der Waals surface area contributed by atoms with E-state index in [2.05, 4.69) is 9.97 Å². The molecule has 2 aromatic rings. The third-order valence-corrected chi connectivity index (χ3v) is 2.17. The first-order valence-corrected chi connectivity index (χ1v) is 4.45. The number of pyridine rings is 1. The minimum atomic E-state index is 0.568. The van der Waals surface area contributed by atoms with Gasteiger partial charge in [-0.1, -0.05) is 0 Å². The predicted molar refractivity (Wildman–Crippen MR) is 49.3 cm³/mol. The molecule has 0 fully saturated rings. The smallest absolute Gasteiger partial charge is 0.261 e. The predicted octanol–water partition coefficient (Wildman–Crippen LogP) is 1.80. The van der Waals surface area contributed by atoms with E-state index in [-0.39, 0.29) is 0 Å². The van der Waals surface area contributed by atoms with E-state index in [0.717, 1.165) is 5.03 Å². The summed E-state index contributed by atoms with van der Waals surface area (Å²) in [6, 6.07) is 3.51. The van der Waals surface area contributed by atoms with E-state index in [1.165, 1.54) is 18.0 Å². The highest BCUT2D eigenvalue weighted by atomic mass is 32.2. The van der Waals surface area contributed by atoms with Crippen molar-refractivity contribution in [2.45, 2.75) is 10.2 Å². The summed E-state index contributed by atoms with van der Waals surface area (Å²) in [4.78, 5) is 8.05. The molecule has 0 radical (unpaired) electrons. The SMILES string of the molecule is Nc1ccnc(Sc2ncco2)c1. The number of hydrogen-bond acceptors (Lipinski definition) is 5. The molecule has 4 nitrogen and oxygen atoms in total. The van der Waals surface area contributed by atoms with Gasteiger partial charge in [0.1, 0.15) is 11.3 Å². The average Bonchev–Trinajstić information content (AvgIpc) is 2.57. The van der Waals surface area contributed by atoms with Crippen molar-refractivity contribution in [3.63, 3.8) is 0 Å². The van der Waals surface area contributed by atoms with Gasteiger partial charge in [0.05, 0.1) is 6.20 Å². The molecule has 13 heavy (non-hydrogen) atoms. The lowest BCUT2D eigenvalue weighted by atomic mass is 10.4. The summed E-state index contributed by atoms with van der Waals surface area (Å²) in [7, 11) is 0. The molecule has 2 aromatic heterocycles. The van der Waals surface area contributed by atoms with Crippen LogP contribution in [0.5, 0.6) is 0 Å². The zero-order valence-corrected chi connectivity index (χ0v) is 7.49. The first-order valence-electron chi connectivity index (χ1n) is 3.63. The molecule has 5 heteroatoms. The van der Waals surface area contributed by atoms with Gasteiger partial charge in [-0.25, -0.2) is 9.97 Å². The van der Waals surface area contributed by atoms with Crippen molar-refractivity contribution in [3.05, 3.63) is 30.8 Å². The molecule has 2 rings (SSSR count). The molecule has 0 aliphatic carbocycles. The molecule has 0 atom stereocenters. The van der Waals surface area contributed by atoms with Gasteiger partial charge in [0.2, 0.25) is 0 Å². The van der Waals surface area contributed by atoms with E-state index < -0.39 is 0 Å². The summed E-state index contributed by atoms with van der Waals surface area (Å²) in [6.07, 6.45) is 4.77. The third-order valence-electron chi connectivity index (χ3n) is 1.36. The van der Waals surface area contributed by atoms with Crippen molar-refractivity contribution in [3.8, 4) is 0 Å². The second kappa shape index (κ2) is 3.49. The van der Waals surface area contributed by atoms with Crippen LogP contribution in [0.25, 0.3) is 0 Å². The van der Waals surface area contributed by atoms with Crippen LogP contribution in [0.2, 0.25) is 0 Å². The average molecular weight is 193 g/mol. The lowest BCUT2D eigenvalue weighted by molar-refractivity contribution is 0.454. The Bertz CT molecular complexity index is 388. The maximum atomic E-state index is 5.58. The molecule has 0 amide bonds. The number of hydrogen-bond donors (Lipinski definition) is 1. The summed E-state index contributed by atoms with van der Waals surface area (Å²) in [5.74, 6) is 0. The first kappa shape index (κ1) is 8.12. The van der Waals surface area contributed by atoms with Crippen molar-refractivity contribution in [1.82, 2.24) is 9.97 Å². The van der Waals surface area contributed by atoms with Gasteiger partial charge in [-0.05, 0) is 23.9 Å². The highest BCUT2D eigenvalue weighted by Crippen LogP contribution is 2.24. The van der Waals surface area contributed by atoms with Crippen LogP contribution in [0.15, 0.2) is 45.5 Å². The van der Waals surface area contributed by atoms with Crippen molar-refractivity contribution in [2.24, 2.45) is 0 Å². The van der Waals surface area contributed by atoms with Crippen LogP contribution in [0.1, 0.15) is 0 Å². The Morgan fingerprint density at radius 3 is 2.92 bits per heavy atom. The summed E-state index contributed by atoms with van der Waals surface area (Å²) in [6.45, 7) is 0. The van der Waals surface area contributed by atoms with Crippen molar-refractivity contribution >= 4 is 17.4 Å². The lowest BCUT2D eigenvalue weighted by Crippen LogP contribution is -1.86. The summed E-state index contributed by atoms with van der Waals surface area (Å²) >= 11 is 1.34. The fourth-order valence-corrected chi connectivity index (χ4v) is 1.54. The largest absolute Gasteiger partial charge is 0.440 e. The van der Waals surface area contributed by atoms with Gasteiger partial charge in [0.15, 0.2) is 0 Å². The van der Waals surface area contributed by atoms with E-state index in [1.54, 1.807) is 24.5 Å². The van der Waals surface area contributed by atoms with Crippen molar-refractivity contribution < 1.29 is 4.42 Å². The van der Waals surface area contributed by atoms with Crippen LogP contribution in [-0.2, 0) is 0 Å². The highest BCUT2D eigenvalue weighted by Gasteiger charge is 2.01. The van der Waals surface area contributed by atoms with Crippen LogP contribution in [0.3, 0.4) is 0 Å². The normalized spacial score (nSPS) is 10.2. The van der Waals surface area contributed by atoms with E-state index in [0.29, 0.717) is 10.9 Å². The zero-order valence-electron chi connectivity index (χ0n) is 6.68. The molecule has 0 saturated heterocycles. The first-order chi connectivity index (χ1) is 6.34. The van der Waals surface area contributed by atoms with E-state index in [9.17, 15) is 0 Å². The number of rotatable bonds is 2. The van der Waals surface area contributed by atoms with Crippen molar-refractivity contribution in [1.29, 1.82) is 0 Å². The number of aromatic nitrogens is 2. The molecular weight excluding hydrogens is 186 g/mol. The number of nitrogen functional groups attached to an aromatic ring is 1. The molecule has 0 saturated carbocycles. The third kappa shape index (κ3) is 2.00.